The molecule has 3 aromatic rings. The van der Waals surface area contributed by atoms with Crippen LogP contribution in [0.3, 0.4) is 0 Å². The number of aryl methyl sites for hydroxylation is 2. The maximum absolute atomic E-state index is 12.9. The van der Waals surface area contributed by atoms with E-state index in [-0.39, 0.29) is 11.8 Å². The Bertz CT molecular complexity index is 1070. The Balaban J connectivity index is 1.29. The van der Waals surface area contributed by atoms with Crippen LogP contribution in [0.1, 0.15) is 51.2 Å². The summed E-state index contributed by atoms with van der Waals surface area (Å²) in [4.78, 5) is 24.8. The molecule has 5 rings (SSSR count). The number of amides is 1. The average molecular weight is 427 g/mol. The number of H-pyrrole nitrogens is 1. The van der Waals surface area contributed by atoms with Crippen LogP contribution in [0, 0.1) is 13.8 Å². The second-order valence-electron chi connectivity index (χ2n) is 8.12. The Kier molecular flexibility index (Phi) is 5.16. The molecule has 158 valence electrons. The minimum absolute atomic E-state index is 0.0890. The zero-order valence-electron chi connectivity index (χ0n) is 17.3. The first-order valence-corrected chi connectivity index (χ1v) is 11.3. The summed E-state index contributed by atoms with van der Waals surface area (Å²) in [5, 5.41) is 13.0. The van der Waals surface area contributed by atoms with Gasteiger partial charge in [-0.25, -0.2) is 9.97 Å². The predicted octanol–water partition coefficient (Wildman–Crippen LogP) is 3.25. The first kappa shape index (κ1) is 19.4. The Labute approximate surface area is 179 Å². The highest BCUT2D eigenvalue weighted by Crippen LogP contribution is 2.31. The number of pyridine rings is 1. The van der Waals surface area contributed by atoms with Crippen LogP contribution in [0.5, 0.6) is 0 Å². The fourth-order valence-corrected chi connectivity index (χ4v) is 5.24. The summed E-state index contributed by atoms with van der Waals surface area (Å²) in [5.74, 6) is 1.18. The minimum atomic E-state index is 0.0890. The summed E-state index contributed by atoms with van der Waals surface area (Å²) < 4.78 is 5.43. The maximum Gasteiger partial charge on any atom is 0.265 e. The zero-order chi connectivity index (χ0) is 20.7. The predicted molar refractivity (Wildman–Crippen MR) is 116 cm³/mol. The number of fused-ring (bicyclic) bond motifs is 1. The van der Waals surface area contributed by atoms with Crippen molar-refractivity contribution in [2.24, 2.45) is 0 Å². The Morgan fingerprint density at radius 2 is 2.07 bits per heavy atom. The van der Waals surface area contributed by atoms with Crippen molar-refractivity contribution >= 4 is 34.1 Å². The molecule has 1 atom stereocenters. The van der Waals surface area contributed by atoms with Crippen LogP contribution in [-0.2, 0) is 4.74 Å². The molecular weight excluding hydrogens is 400 g/mol. The van der Waals surface area contributed by atoms with E-state index in [4.69, 9.17) is 9.72 Å². The molecule has 0 radical (unpaired) electrons. The molecule has 9 heteroatoms. The lowest BCUT2D eigenvalue weighted by atomic mass is 10.0. The van der Waals surface area contributed by atoms with E-state index in [9.17, 15) is 4.79 Å². The van der Waals surface area contributed by atoms with Crippen molar-refractivity contribution in [3.05, 3.63) is 33.4 Å². The number of anilines is 1. The monoisotopic (exact) mass is 426 g/mol. The highest BCUT2D eigenvalue weighted by Gasteiger charge is 2.31. The van der Waals surface area contributed by atoms with E-state index in [1.54, 1.807) is 0 Å². The number of hydrogen-bond acceptors (Lipinski definition) is 7. The zero-order valence-corrected chi connectivity index (χ0v) is 18.1. The molecule has 0 aromatic carbocycles. The number of carbonyl (C=O) groups is 1. The van der Waals surface area contributed by atoms with Crippen molar-refractivity contribution in [3.63, 3.8) is 0 Å². The molecule has 8 nitrogen and oxygen atoms in total. The van der Waals surface area contributed by atoms with Gasteiger partial charge in [0.1, 0.15) is 4.88 Å². The van der Waals surface area contributed by atoms with Crippen LogP contribution >= 0.6 is 11.3 Å². The van der Waals surface area contributed by atoms with Crippen molar-refractivity contribution in [3.8, 4) is 0 Å². The minimum Gasteiger partial charge on any atom is -0.381 e. The van der Waals surface area contributed by atoms with E-state index >= 15 is 0 Å². The summed E-state index contributed by atoms with van der Waals surface area (Å²) in [7, 11) is 0. The highest BCUT2D eigenvalue weighted by molar-refractivity contribution is 7.13. The van der Waals surface area contributed by atoms with Crippen LogP contribution < -0.4 is 5.32 Å². The number of aromatic nitrogens is 4. The molecule has 0 saturated carbocycles. The second-order valence-corrected chi connectivity index (χ2v) is 9.32. The summed E-state index contributed by atoms with van der Waals surface area (Å²) in [6, 6.07) is 4.55. The third kappa shape index (κ3) is 3.67. The molecule has 1 amide bonds. The van der Waals surface area contributed by atoms with Gasteiger partial charge < -0.3 is 15.0 Å². The molecule has 2 aliphatic rings. The number of ether oxygens (including phenoxy) is 1. The molecular formula is C21H26N6O2S. The van der Waals surface area contributed by atoms with Crippen molar-refractivity contribution in [1.82, 2.24) is 25.1 Å². The van der Waals surface area contributed by atoms with E-state index in [2.05, 4.69) is 32.6 Å². The molecule has 5 heterocycles. The fraction of sp³-hybridized carbons (Fsp3) is 0.524. The fourth-order valence-electron chi connectivity index (χ4n) is 4.35. The van der Waals surface area contributed by atoms with Crippen molar-refractivity contribution < 1.29 is 9.53 Å². The lowest BCUT2D eigenvalue weighted by Crippen LogP contribution is -2.28. The van der Waals surface area contributed by atoms with Gasteiger partial charge in [-0.2, -0.15) is 5.10 Å². The van der Waals surface area contributed by atoms with E-state index in [1.807, 2.05) is 18.7 Å². The Morgan fingerprint density at radius 1 is 1.23 bits per heavy atom. The number of nitrogens with zero attached hydrogens (tertiary/aromatic N) is 4. The molecule has 30 heavy (non-hydrogen) atoms. The van der Waals surface area contributed by atoms with Gasteiger partial charge in [0, 0.05) is 44.0 Å². The molecule has 0 aliphatic carbocycles. The summed E-state index contributed by atoms with van der Waals surface area (Å²) in [6.45, 7) is 6.87. The maximum atomic E-state index is 12.9. The van der Waals surface area contributed by atoms with Crippen molar-refractivity contribution in [2.45, 2.75) is 45.1 Å². The third-order valence-electron chi connectivity index (χ3n) is 6.00. The van der Waals surface area contributed by atoms with E-state index in [0.29, 0.717) is 12.6 Å². The number of rotatable bonds is 4. The number of thiazole rings is 1. The van der Waals surface area contributed by atoms with Gasteiger partial charge in [0.25, 0.3) is 5.91 Å². The van der Waals surface area contributed by atoms with Crippen LogP contribution in [0.15, 0.2) is 12.1 Å². The standard InChI is InChI=1S/C21H26N6O2S/c1-12-18(30-13(2)22-12)21(28)27-8-5-14(11-27)17-4-3-16-19(25-26-20(16)24-17)23-15-6-9-29-10-7-15/h3-4,14-15H,5-11H2,1-2H3,(H2,23,24,25,26)/t14-/m1/s1. The van der Waals surface area contributed by atoms with Gasteiger partial charge in [-0.15, -0.1) is 11.3 Å². The van der Waals surface area contributed by atoms with Crippen LogP contribution in [0.4, 0.5) is 5.82 Å². The van der Waals surface area contributed by atoms with E-state index < -0.39 is 0 Å². The quantitative estimate of drug-likeness (QED) is 0.665. The Morgan fingerprint density at radius 3 is 2.83 bits per heavy atom. The van der Waals surface area contributed by atoms with Crippen LogP contribution in [0.2, 0.25) is 0 Å². The molecule has 2 aliphatic heterocycles. The molecule has 2 N–H and O–H groups in total. The van der Waals surface area contributed by atoms with E-state index in [1.165, 1.54) is 11.3 Å². The largest absolute Gasteiger partial charge is 0.381 e. The van der Waals surface area contributed by atoms with Crippen LogP contribution in [-0.4, -0.2) is 63.3 Å². The van der Waals surface area contributed by atoms with Crippen LogP contribution in [0.25, 0.3) is 11.0 Å². The number of carbonyl (C=O) groups excluding carboxylic acids is 1. The lowest BCUT2D eigenvalue weighted by molar-refractivity contribution is 0.0794. The highest BCUT2D eigenvalue weighted by atomic mass is 32.1. The average Bonchev–Trinajstić information content (AvgIpc) is 3.47. The number of hydrogen-bond donors (Lipinski definition) is 2. The summed E-state index contributed by atoms with van der Waals surface area (Å²) in [6.07, 6.45) is 2.90. The van der Waals surface area contributed by atoms with Gasteiger partial charge in [0.05, 0.1) is 16.1 Å². The molecule has 0 unspecified atom stereocenters. The number of nitrogens with one attached hydrogen (secondary N) is 2. The van der Waals surface area contributed by atoms with Gasteiger partial charge in [0.2, 0.25) is 0 Å². The van der Waals surface area contributed by atoms with Gasteiger partial charge >= 0.3 is 0 Å². The topological polar surface area (TPSA) is 96.0 Å². The second kappa shape index (κ2) is 7.96. The van der Waals surface area contributed by atoms with E-state index in [0.717, 1.165) is 77.1 Å². The summed E-state index contributed by atoms with van der Waals surface area (Å²) in [5.41, 5.74) is 2.63. The first-order chi connectivity index (χ1) is 14.6. The molecule has 2 fully saturated rings. The molecule has 0 spiro atoms. The SMILES string of the molecule is Cc1nc(C)c(C(=O)N2CC[C@@H](c3ccc4c(NC5CCOCC5)n[nH]c4n3)C2)s1. The number of likely N-dealkylation sites (tertiary alicyclic amines) is 1. The number of aromatic amines is 1. The first-order valence-electron chi connectivity index (χ1n) is 10.5. The lowest BCUT2D eigenvalue weighted by Gasteiger charge is -2.23. The van der Waals surface area contributed by atoms with Gasteiger partial charge in [-0.1, -0.05) is 0 Å². The normalized spacial score (nSPS) is 20.2. The molecule has 3 aromatic heterocycles. The van der Waals surface area contributed by atoms with Gasteiger partial charge in [-0.05, 0) is 45.2 Å². The Hall–Kier alpha value is -2.52. The molecule has 2 saturated heterocycles. The third-order valence-corrected chi connectivity index (χ3v) is 7.06. The molecule has 0 bridgehead atoms. The summed E-state index contributed by atoms with van der Waals surface area (Å²) >= 11 is 1.48. The van der Waals surface area contributed by atoms with Gasteiger partial charge in [0.15, 0.2) is 11.5 Å². The smallest absolute Gasteiger partial charge is 0.265 e. The van der Waals surface area contributed by atoms with Crippen molar-refractivity contribution in [2.75, 3.05) is 31.6 Å². The van der Waals surface area contributed by atoms with Gasteiger partial charge in [-0.3, -0.25) is 9.89 Å². The van der Waals surface area contributed by atoms with Crippen molar-refractivity contribution in [1.29, 1.82) is 0 Å².